The van der Waals surface area contributed by atoms with Crippen molar-refractivity contribution >= 4 is 27.6 Å². The van der Waals surface area contributed by atoms with E-state index in [1.165, 1.54) is 10.8 Å². The van der Waals surface area contributed by atoms with Crippen LogP contribution in [0.1, 0.15) is 17.3 Å². The normalized spacial score (nSPS) is 11.4. The van der Waals surface area contributed by atoms with Crippen molar-refractivity contribution in [2.75, 3.05) is 19.0 Å². The van der Waals surface area contributed by atoms with Crippen molar-refractivity contribution in [3.8, 4) is 0 Å². The van der Waals surface area contributed by atoms with Gasteiger partial charge in [-0.1, -0.05) is 33.7 Å². The minimum absolute atomic E-state index is 0.0383. The number of rotatable bonds is 11. The monoisotopic (exact) mass is 378 g/mol. The van der Waals surface area contributed by atoms with Gasteiger partial charge in [-0.05, 0) is 19.1 Å². The number of benzene rings is 1. The van der Waals surface area contributed by atoms with E-state index in [-0.39, 0.29) is 12.4 Å². The molecule has 0 aliphatic carbocycles. The number of hydrogen-bond acceptors (Lipinski definition) is 10. The molecule has 0 N–H and O–H groups in total. The molecular formula is C12H14N2O8S2. The Morgan fingerprint density at radius 3 is 2.58 bits per heavy atom. The van der Waals surface area contributed by atoms with Crippen molar-refractivity contribution in [2.24, 2.45) is 0 Å². The zero-order chi connectivity index (χ0) is 17.9. The van der Waals surface area contributed by atoms with Crippen LogP contribution < -0.4 is 0 Å². The highest BCUT2D eigenvalue weighted by atomic mass is 33.1. The third-order valence-electron chi connectivity index (χ3n) is 2.39. The fourth-order valence-corrected chi connectivity index (χ4v) is 3.82. The summed E-state index contributed by atoms with van der Waals surface area (Å²) in [6.45, 7) is 1.36. The molecule has 0 fully saturated rings. The van der Waals surface area contributed by atoms with Crippen LogP contribution in [0.15, 0.2) is 29.2 Å². The summed E-state index contributed by atoms with van der Waals surface area (Å²) >= 11 is 0. The van der Waals surface area contributed by atoms with Crippen LogP contribution in [0.5, 0.6) is 0 Å². The molecule has 0 spiro atoms. The Kier molecular flexibility index (Phi) is 8.71. The van der Waals surface area contributed by atoms with Crippen molar-refractivity contribution in [1.82, 2.24) is 0 Å². The number of ether oxygens (including phenoxy) is 1. The molecule has 0 radical (unpaired) electrons. The van der Waals surface area contributed by atoms with Crippen LogP contribution in [-0.4, -0.2) is 41.2 Å². The predicted molar refractivity (Wildman–Crippen MR) is 85.5 cm³/mol. The lowest BCUT2D eigenvalue weighted by atomic mass is 10.2. The average Bonchev–Trinajstić information content (AvgIpc) is 2.52. The molecule has 0 aliphatic rings. The predicted octanol–water partition coefficient (Wildman–Crippen LogP) is 2.39. The Bertz CT molecular complexity index is 586. The smallest absolute Gasteiger partial charge is 0.339 e. The molecule has 1 unspecified atom stereocenters. The van der Waals surface area contributed by atoms with E-state index in [2.05, 4.69) is 9.68 Å². The van der Waals surface area contributed by atoms with Crippen molar-refractivity contribution in [1.29, 1.82) is 0 Å². The Balaban J connectivity index is 2.61. The minimum Gasteiger partial charge on any atom is -0.462 e. The second-order valence-electron chi connectivity index (χ2n) is 4.05. The summed E-state index contributed by atoms with van der Waals surface area (Å²) in [5.41, 5.74) is 0.366. The molecule has 1 aromatic carbocycles. The Hall–Kier alpha value is -2.21. The van der Waals surface area contributed by atoms with E-state index < -0.39 is 28.9 Å². The van der Waals surface area contributed by atoms with E-state index in [1.54, 1.807) is 31.2 Å². The number of hydrogen-bond donors (Lipinski definition) is 0. The van der Waals surface area contributed by atoms with E-state index >= 15 is 0 Å². The zero-order valence-corrected chi connectivity index (χ0v) is 14.1. The van der Waals surface area contributed by atoms with Gasteiger partial charge in [-0.15, -0.1) is 20.2 Å². The van der Waals surface area contributed by atoms with Gasteiger partial charge in [-0.3, -0.25) is 0 Å². The van der Waals surface area contributed by atoms with Gasteiger partial charge in [0.05, 0.1) is 12.2 Å². The Labute approximate surface area is 144 Å². The first-order chi connectivity index (χ1) is 11.4. The van der Waals surface area contributed by atoms with Gasteiger partial charge < -0.3 is 14.4 Å². The lowest BCUT2D eigenvalue weighted by Gasteiger charge is -2.13. The maximum absolute atomic E-state index is 11.8. The molecule has 132 valence electrons. The molecule has 0 saturated heterocycles. The highest BCUT2D eigenvalue weighted by Gasteiger charge is 2.18. The van der Waals surface area contributed by atoms with Gasteiger partial charge >= 0.3 is 5.97 Å². The van der Waals surface area contributed by atoms with Crippen LogP contribution >= 0.6 is 21.6 Å². The summed E-state index contributed by atoms with van der Waals surface area (Å²) in [5.74, 6) is -0.438. The molecule has 0 aromatic heterocycles. The second-order valence-corrected chi connectivity index (χ2v) is 6.44. The van der Waals surface area contributed by atoms with Crippen LogP contribution in [0.4, 0.5) is 0 Å². The van der Waals surface area contributed by atoms with Gasteiger partial charge in [0.1, 0.15) is 12.7 Å². The number of carbonyl (C=O) groups is 1. The highest BCUT2D eigenvalue weighted by molar-refractivity contribution is 8.76. The highest BCUT2D eigenvalue weighted by Crippen LogP contribution is 2.34. The Morgan fingerprint density at radius 2 is 1.96 bits per heavy atom. The summed E-state index contributed by atoms with van der Waals surface area (Å²) in [6.07, 6.45) is -1.11. The SMILES string of the molecule is CCOC(=O)c1ccccc1SSCC(CO[N+](=O)[O-])O[N+](=O)[O-]. The standard InChI is InChI=1S/C12H14N2O8S2/c1-2-20-12(15)10-5-3-4-6-11(10)24-23-8-9(22-14(18)19)7-21-13(16)17/h3-6,9H,2,7-8H2,1H3. The zero-order valence-electron chi connectivity index (χ0n) is 12.5. The van der Waals surface area contributed by atoms with Crippen LogP contribution in [-0.2, 0) is 14.4 Å². The topological polar surface area (TPSA) is 131 Å². The number of nitrogens with zero attached hydrogens (tertiary/aromatic N) is 2. The summed E-state index contributed by atoms with van der Waals surface area (Å²) in [5, 5.41) is 18.5. The van der Waals surface area contributed by atoms with Crippen LogP contribution in [0, 0.1) is 20.2 Å². The lowest BCUT2D eigenvalue weighted by Crippen LogP contribution is -2.26. The molecule has 0 aliphatic heterocycles. The van der Waals surface area contributed by atoms with E-state index in [0.717, 1.165) is 10.8 Å². The van der Waals surface area contributed by atoms with Gasteiger partial charge in [0.25, 0.3) is 10.2 Å². The molecular weight excluding hydrogens is 364 g/mol. The minimum atomic E-state index is -1.11. The quantitative estimate of drug-likeness (QED) is 0.245. The van der Waals surface area contributed by atoms with Gasteiger partial charge in [0, 0.05) is 10.6 Å². The van der Waals surface area contributed by atoms with Crippen LogP contribution in [0.2, 0.25) is 0 Å². The van der Waals surface area contributed by atoms with E-state index in [0.29, 0.717) is 10.5 Å². The molecule has 0 bridgehead atoms. The largest absolute Gasteiger partial charge is 0.462 e. The van der Waals surface area contributed by atoms with Gasteiger partial charge in [0.2, 0.25) is 0 Å². The van der Waals surface area contributed by atoms with Crippen molar-refractivity contribution in [3.63, 3.8) is 0 Å². The van der Waals surface area contributed by atoms with Crippen LogP contribution in [0.3, 0.4) is 0 Å². The van der Waals surface area contributed by atoms with Crippen molar-refractivity contribution in [2.45, 2.75) is 17.9 Å². The maximum atomic E-state index is 11.8. The van der Waals surface area contributed by atoms with Gasteiger partial charge in [-0.25, -0.2) is 4.79 Å². The fraction of sp³-hybridized carbons (Fsp3) is 0.417. The summed E-state index contributed by atoms with van der Waals surface area (Å²) < 4.78 is 4.94. The first-order valence-electron chi connectivity index (χ1n) is 6.58. The maximum Gasteiger partial charge on any atom is 0.339 e. The summed E-state index contributed by atoms with van der Waals surface area (Å²) in [7, 11) is 2.31. The van der Waals surface area contributed by atoms with E-state index in [9.17, 15) is 25.0 Å². The van der Waals surface area contributed by atoms with Crippen molar-refractivity contribution < 1.29 is 29.4 Å². The number of carbonyl (C=O) groups excluding carboxylic acids is 1. The first-order valence-corrected chi connectivity index (χ1v) is 8.90. The average molecular weight is 378 g/mol. The molecule has 10 nitrogen and oxygen atoms in total. The molecule has 1 atom stereocenters. The molecule has 0 amide bonds. The first kappa shape index (κ1) is 19.8. The van der Waals surface area contributed by atoms with E-state index in [4.69, 9.17) is 4.74 Å². The van der Waals surface area contributed by atoms with Crippen molar-refractivity contribution in [3.05, 3.63) is 50.1 Å². The lowest BCUT2D eigenvalue weighted by molar-refractivity contribution is -0.788. The third kappa shape index (κ3) is 7.37. The molecule has 0 saturated carbocycles. The van der Waals surface area contributed by atoms with Gasteiger partial charge in [0.15, 0.2) is 0 Å². The molecule has 12 heteroatoms. The third-order valence-corrected chi connectivity index (χ3v) is 4.85. The summed E-state index contributed by atoms with van der Waals surface area (Å²) in [6, 6.07) is 6.71. The van der Waals surface area contributed by atoms with Gasteiger partial charge in [-0.2, -0.15) is 0 Å². The molecule has 24 heavy (non-hydrogen) atoms. The number of esters is 1. The Morgan fingerprint density at radius 1 is 1.25 bits per heavy atom. The molecule has 1 rings (SSSR count). The molecule has 0 heterocycles. The molecule has 1 aromatic rings. The van der Waals surface area contributed by atoms with E-state index in [1.807, 2.05) is 0 Å². The second kappa shape index (κ2) is 10.5. The van der Waals surface area contributed by atoms with Crippen LogP contribution in [0.25, 0.3) is 0 Å². The fourth-order valence-electron chi connectivity index (χ4n) is 1.46. The summed E-state index contributed by atoms with van der Waals surface area (Å²) in [4.78, 5) is 41.4.